The van der Waals surface area contributed by atoms with Crippen molar-refractivity contribution in [1.29, 1.82) is 0 Å². The van der Waals surface area contributed by atoms with Gasteiger partial charge in [-0.15, -0.1) is 0 Å². The molecule has 112 valence electrons. The summed E-state index contributed by atoms with van der Waals surface area (Å²) in [7, 11) is 0. The van der Waals surface area contributed by atoms with Gasteiger partial charge in [0, 0.05) is 12.1 Å². The SMILES string of the molecule is CC(C)Oc1ccccc1CNCCc1ccc(F)cc1. The van der Waals surface area contributed by atoms with Crippen molar-refractivity contribution < 1.29 is 9.13 Å². The monoisotopic (exact) mass is 287 g/mol. The van der Waals surface area contributed by atoms with E-state index in [-0.39, 0.29) is 11.9 Å². The van der Waals surface area contributed by atoms with Gasteiger partial charge in [-0.2, -0.15) is 0 Å². The summed E-state index contributed by atoms with van der Waals surface area (Å²) in [4.78, 5) is 0. The third-order valence-corrected chi connectivity index (χ3v) is 3.15. The molecule has 2 rings (SSSR count). The second-order valence-electron chi connectivity index (χ2n) is 5.33. The Balaban J connectivity index is 1.82. The normalized spacial score (nSPS) is 10.9. The molecule has 0 radical (unpaired) electrons. The number of nitrogens with one attached hydrogen (secondary N) is 1. The van der Waals surface area contributed by atoms with Gasteiger partial charge in [0.1, 0.15) is 11.6 Å². The molecule has 0 bridgehead atoms. The van der Waals surface area contributed by atoms with E-state index in [1.807, 2.05) is 44.2 Å². The topological polar surface area (TPSA) is 21.3 Å². The summed E-state index contributed by atoms with van der Waals surface area (Å²) < 4.78 is 18.6. The van der Waals surface area contributed by atoms with Gasteiger partial charge in [-0.3, -0.25) is 0 Å². The van der Waals surface area contributed by atoms with Crippen molar-refractivity contribution in [3.8, 4) is 5.75 Å². The lowest BCUT2D eigenvalue weighted by Gasteiger charge is -2.14. The van der Waals surface area contributed by atoms with E-state index in [1.165, 1.54) is 12.1 Å². The zero-order valence-corrected chi connectivity index (χ0v) is 12.6. The first-order chi connectivity index (χ1) is 10.1. The highest BCUT2D eigenvalue weighted by molar-refractivity contribution is 5.33. The summed E-state index contributed by atoms with van der Waals surface area (Å²) in [5.74, 6) is 0.744. The average molecular weight is 287 g/mol. The van der Waals surface area contributed by atoms with Crippen LogP contribution in [0.25, 0.3) is 0 Å². The molecule has 2 nitrogen and oxygen atoms in total. The number of hydrogen-bond acceptors (Lipinski definition) is 2. The first-order valence-electron chi connectivity index (χ1n) is 7.35. The summed E-state index contributed by atoms with van der Waals surface area (Å²) in [5, 5.41) is 3.40. The highest BCUT2D eigenvalue weighted by Gasteiger charge is 2.04. The van der Waals surface area contributed by atoms with Crippen molar-refractivity contribution in [2.45, 2.75) is 32.9 Å². The third-order valence-electron chi connectivity index (χ3n) is 3.15. The van der Waals surface area contributed by atoms with Crippen LogP contribution in [0, 0.1) is 5.82 Å². The van der Waals surface area contributed by atoms with E-state index in [2.05, 4.69) is 11.4 Å². The van der Waals surface area contributed by atoms with Crippen LogP contribution in [0.3, 0.4) is 0 Å². The highest BCUT2D eigenvalue weighted by atomic mass is 19.1. The quantitative estimate of drug-likeness (QED) is 0.779. The van der Waals surface area contributed by atoms with Crippen molar-refractivity contribution in [1.82, 2.24) is 5.32 Å². The molecule has 0 unspecified atom stereocenters. The Morgan fingerprint density at radius 3 is 2.48 bits per heavy atom. The molecule has 0 aromatic heterocycles. The Morgan fingerprint density at radius 2 is 1.76 bits per heavy atom. The summed E-state index contributed by atoms with van der Waals surface area (Å²) in [6, 6.07) is 14.7. The zero-order chi connectivity index (χ0) is 15.1. The molecule has 0 aliphatic rings. The molecule has 0 atom stereocenters. The van der Waals surface area contributed by atoms with Crippen LogP contribution in [0.15, 0.2) is 48.5 Å². The van der Waals surface area contributed by atoms with Crippen molar-refractivity contribution in [2.24, 2.45) is 0 Å². The van der Waals surface area contributed by atoms with Crippen LogP contribution in [-0.4, -0.2) is 12.6 Å². The van der Waals surface area contributed by atoms with Gasteiger partial charge in [-0.05, 0) is 50.6 Å². The molecular formula is C18H22FNO. The molecule has 0 aliphatic carbocycles. The lowest BCUT2D eigenvalue weighted by molar-refractivity contribution is 0.239. The Hall–Kier alpha value is -1.87. The van der Waals surface area contributed by atoms with Gasteiger partial charge in [-0.1, -0.05) is 30.3 Å². The predicted molar refractivity (Wildman–Crippen MR) is 84.0 cm³/mol. The maximum Gasteiger partial charge on any atom is 0.124 e. The van der Waals surface area contributed by atoms with E-state index in [4.69, 9.17) is 4.74 Å². The van der Waals surface area contributed by atoms with E-state index in [1.54, 1.807) is 0 Å². The van der Waals surface area contributed by atoms with Crippen molar-refractivity contribution in [3.05, 3.63) is 65.5 Å². The molecule has 0 saturated heterocycles. The van der Waals surface area contributed by atoms with Gasteiger partial charge in [0.25, 0.3) is 0 Å². The molecule has 2 aromatic rings. The molecular weight excluding hydrogens is 265 g/mol. The van der Waals surface area contributed by atoms with Crippen LogP contribution in [0.4, 0.5) is 4.39 Å². The van der Waals surface area contributed by atoms with Gasteiger partial charge < -0.3 is 10.1 Å². The zero-order valence-electron chi connectivity index (χ0n) is 12.6. The molecule has 0 fully saturated rings. The number of ether oxygens (including phenoxy) is 1. The van der Waals surface area contributed by atoms with Crippen LogP contribution in [0.5, 0.6) is 5.75 Å². The smallest absolute Gasteiger partial charge is 0.124 e. The van der Waals surface area contributed by atoms with Crippen LogP contribution in [0.2, 0.25) is 0 Å². The first-order valence-corrected chi connectivity index (χ1v) is 7.35. The lowest BCUT2D eigenvalue weighted by Crippen LogP contribution is -2.18. The maximum atomic E-state index is 12.8. The molecule has 0 saturated carbocycles. The Morgan fingerprint density at radius 1 is 1.05 bits per heavy atom. The van der Waals surface area contributed by atoms with Gasteiger partial charge in [0.05, 0.1) is 6.10 Å². The summed E-state index contributed by atoms with van der Waals surface area (Å²) in [6.07, 6.45) is 1.05. The van der Waals surface area contributed by atoms with E-state index in [0.717, 1.165) is 36.4 Å². The second-order valence-corrected chi connectivity index (χ2v) is 5.33. The number of para-hydroxylation sites is 1. The highest BCUT2D eigenvalue weighted by Crippen LogP contribution is 2.19. The van der Waals surface area contributed by atoms with Crippen LogP contribution >= 0.6 is 0 Å². The van der Waals surface area contributed by atoms with Crippen molar-refractivity contribution >= 4 is 0 Å². The number of hydrogen-bond donors (Lipinski definition) is 1. The maximum absolute atomic E-state index is 12.8. The lowest BCUT2D eigenvalue weighted by atomic mass is 10.1. The van der Waals surface area contributed by atoms with Crippen molar-refractivity contribution in [2.75, 3.05) is 6.54 Å². The number of halogens is 1. The van der Waals surface area contributed by atoms with Crippen LogP contribution in [-0.2, 0) is 13.0 Å². The summed E-state index contributed by atoms with van der Waals surface area (Å²) in [5.41, 5.74) is 2.29. The minimum absolute atomic E-state index is 0.172. The Kier molecular flexibility index (Phi) is 5.76. The van der Waals surface area contributed by atoms with Crippen LogP contribution in [0.1, 0.15) is 25.0 Å². The molecule has 0 amide bonds. The number of benzene rings is 2. The van der Waals surface area contributed by atoms with Gasteiger partial charge in [0.15, 0.2) is 0 Å². The predicted octanol–water partition coefficient (Wildman–Crippen LogP) is 3.95. The van der Waals surface area contributed by atoms with E-state index >= 15 is 0 Å². The van der Waals surface area contributed by atoms with Crippen LogP contribution < -0.4 is 10.1 Å². The van der Waals surface area contributed by atoms with Gasteiger partial charge in [0.2, 0.25) is 0 Å². The molecule has 2 aromatic carbocycles. The largest absolute Gasteiger partial charge is 0.491 e. The fraction of sp³-hybridized carbons (Fsp3) is 0.333. The standard InChI is InChI=1S/C18H22FNO/c1-14(2)21-18-6-4-3-5-16(18)13-20-12-11-15-7-9-17(19)10-8-15/h3-10,14,20H,11-13H2,1-2H3. The molecule has 21 heavy (non-hydrogen) atoms. The molecule has 1 N–H and O–H groups in total. The second kappa shape index (κ2) is 7.79. The number of rotatable bonds is 7. The summed E-state index contributed by atoms with van der Waals surface area (Å²) in [6.45, 7) is 5.67. The van der Waals surface area contributed by atoms with E-state index in [9.17, 15) is 4.39 Å². The molecule has 0 aliphatic heterocycles. The van der Waals surface area contributed by atoms with E-state index < -0.39 is 0 Å². The van der Waals surface area contributed by atoms with E-state index in [0.29, 0.717) is 0 Å². The minimum Gasteiger partial charge on any atom is -0.491 e. The minimum atomic E-state index is -0.188. The fourth-order valence-corrected chi connectivity index (χ4v) is 2.13. The fourth-order valence-electron chi connectivity index (χ4n) is 2.13. The summed E-state index contributed by atoms with van der Waals surface area (Å²) >= 11 is 0. The van der Waals surface area contributed by atoms with Crippen molar-refractivity contribution in [3.63, 3.8) is 0 Å². The average Bonchev–Trinajstić information content (AvgIpc) is 2.46. The Bertz CT molecular complexity index is 551. The molecule has 3 heteroatoms. The Labute approximate surface area is 126 Å². The van der Waals surface area contributed by atoms with Gasteiger partial charge >= 0.3 is 0 Å². The van der Waals surface area contributed by atoms with Gasteiger partial charge in [-0.25, -0.2) is 4.39 Å². The molecule has 0 heterocycles. The first kappa shape index (κ1) is 15.5. The third kappa shape index (κ3) is 5.20. The molecule has 0 spiro atoms.